The van der Waals surface area contributed by atoms with Crippen molar-refractivity contribution in [2.75, 3.05) is 5.32 Å². The first kappa shape index (κ1) is 18.5. The number of carbonyl (C=O) groups excluding carboxylic acids is 3. The number of carbonyl (C=O) groups is 3. The van der Waals surface area contributed by atoms with Crippen molar-refractivity contribution in [2.24, 2.45) is 0 Å². The van der Waals surface area contributed by atoms with Crippen molar-refractivity contribution < 1.29 is 24.3 Å². The molecule has 0 aliphatic heterocycles. The highest BCUT2D eigenvalue weighted by Gasteiger charge is 2.17. The number of thiazole rings is 1. The molecule has 2 aromatic heterocycles. The van der Waals surface area contributed by atoms with Gasteiger partial charge in [0.05, 0.1) is 15.9 Å². The minimum absolute atomic E-state index is 0.0276. The summed E-state index contributed by atoms with van der Waals surface area (Å²) in [5.41, 5.74) is 0.322. The summed E-state index contributed by atoms with van der Waals surface area (Å²) < 4.78 is 6.00. The minimum Gasteiger partial charge on any atom is -0.444 e. The average molecular weight is 434 g/mol. The van der Waals surface area contributed by atoms with E-state index in [1.165, 1.54) is 16.7 Å². The summed E-state index contributed by atoms with van der Waals surface area (Å²) in [4.78, 5) is 39.0. The molecule has 0 aliphatic rings. The van der Waals surface area contributed by atoms with Crippen molar-refractivity contribution in [3.05, 3.63) is 31.9 Å². The van der Waals surface area contributed by atoms with E-state index in [1.54, 1.807) is 0 Å². The quantitative estimate of drug-likeness (QED) is 0.553. The van der Waals surface area contributed by atoms with Gasteiger partial charge in [-0.15, -0.1) is 22.7 Å². The molecule has 0 aliphatic carbocycles. The van der Waals surface area contributed by atoms with Crippen LogP contribution in [0.2, 0.25) is 0 Å². The van der Waals surface area contributed by atoms with Crippen LogP contribution >= 0.6 is 38.6 Å². The molecule has 0 bridgehead atoms. The van der Waals surface area contributed by atoms with Crippen LogP contribution in [0.5, 0.6) is 0 Å². The molecule has 2 aromatic rings. The topological polar surface area (TPSA) is 109 Å². The minimum atomic E-state index is -0.801. The Bertz CT molecular complexity index is 760. The van der Waals surface area contributed by atoms with E-state index in [2.05, 4.69) is 26.2 Å². The van der Waals surface area contributed by atoms with Crippen LogP contribution in [-0.2, 0) is 27.4 Å². The first-order valence-electron chi connectivity index (χ1n) is 6.50. The normalized spacial score (nSPS) is 10.3. The van der Waals surface area contributed by atoms with Gasteiger partial charge in [-0.05, 0) is 28.1 Å². The van der Waals surface area contributed by atoms with Gasteiger partial charge in [-0.2, -0.15) is 5.06 Å². The van der Waals surface area contributed by atoms with Gasteiger partial charge in [0, 0.05) is 17.2 Å². The van der Waals surface area contributed by atoms with Gasteiger partial charge in [-0.25, -0.2) is 9.78 Å². The van der Waals surface area contributed by atoms with Gasteiger partial charge in [0.25, 0.3) is 5.91 Å². The average Bonchev–Trinajstić information content (AvgIpc) is 3.13. The summed E-state index contributed by atoms with van der Waals surface area (Å²) in [5, 5.41) is 13.5. The van der Waals surface area contributed by atoms with Crippen LogP contribution in [0.1, 0.15) is 17.5 Å². The zero-order chi connectivity index (χ0) is 17.7. The summed E-state index contributed by atoms with van der Waals surface area (Å²) in [6, 6.07) is 3.70. The Hall–Kier alpha value is -1.82. The Balaban J connectivity index is 1.83. The molecule has 2 heterocycles. The molecule has 128 valence electrons. The second kappa shape index (κ2) is 8.33. The number of rotatable bonds is 5. The van der Waals surface area contributed by atoms with Crippen molar-refractivity contribution in [1.82, 2.24) is 10.0 Å². The molecule has 0 unspecified atom stereocenters. The molecule has 0 saturated carbocycles. The zero-order valence-electron chi connectivity index (χ0n) is 12.3. The number of hydrogen-bond donors (Lipinski definition) is 2. The van der Waals surface area contributed by atoms with Gasteiger partial charge in [-0.3, -0.25) is 20.1 Å². The molecular weight excluding hydrogens is 422 g/mol. The number of anilines is 1. The van der Waals surface area contributed by atoms with Crippen LogP contribution in [0.3, 0.4) is 0 Å². The number of aromatic nitrogens is 1. The Kier molecular flexibility index (Phi) is 6.43. The summed E-state index contributed by atoms with van der Waals surface area (Å²) in [5.74, 6) is -1.58. The van der Waals surface area contributed by atoms with E-state index in [9.17, 15) is 19.6 Å². The van der Waals surface area contributed by atoms with E-state index in [-0.39, 0.29) is 23.2 Å². The van der Waals surface area contributed by atoms with E-state index in [1.807, 2.05) is 12.1 Å². The maximum absolute atomic E-state index is 11.7. The van der Waals surface area contributed by atoms with Gasteiger partial charge in [0.15, 0.2) is 5.13 Å². The lowest BCUT2D eigenvalue weighted by Gasteiger charge is -2.08. The van der Waals surface area contributed by atoms with Gasteiger partial charge in [0.2, 0.25) is 5.91 Å². The molecule has 0 radical (unpaired) electrons. The standard InChI is InChI=1S/C13H12BrN3O5S2/c1-7(18)17(21)11(19)4-8-6-23-12(15-8)16-13(20)22-5-9-2-3-10(14)24-9/h2-3,6,21H,4-5H2,1H3,(H,15,16,20). The molecule has 2 N–H and O–H groups in total. The summed E-state index contributed by atoms with van der Waals surface area (Å²) >= 11 is 5.88. The predicted molar refractivity (Wildman–Crippen MR) is 91.0 cm³/mol. The monoisotopic (exact) mass is 433 g/mol. The van der Waals surface area contributed by atoms with E-state index >= 15 is 0 Å². The summed E-state index contributed by atoms with van der Waals surface area (Å²) in [6.45, 7) is 1.20. The highest BCUT2D eigenvalue weighted by Crippen LogP contribution is 2.23. The molecule has 0 atom stereocenters. The Morgan fingerprint density at radius 3 is 2.79 bits per heavy atom. The maximum atomic E-state index is 11.7. The smallest absolute Gasteiger partial charge is 0.413 e. The Morgan fingerprint density at radius 1 is 1.42 bits per heavy atom. The van der Waals surface area contributed by atoms with E-state index in [0.717, 1.165) is 26.9 Å². The molecule has 8 nitrogen and oxygen atoms in total. The number of imide groups is 1. The molecular formula is C13H12BrN3O5S2. The second-order valence-corrected chi connectivity index (χ2v) is 7.86. The highest BCUT2D eigenvalue weighted by molar-refractivity contribution is 9.11. The first-order valence-corrected chi connectivity index (χ1v) is 8.99. The molecule has 0 spiro atoms. The highest BCUT2D eigenvalue weighted by atomic mass is 79.9. The third-order valence-electron chi connectivity index (χ3n) is 2.60. The number of nitrogens with zero attached hydrogens (tertiary/aromatic N) is 2. The maximum Gasteiger partial charge on any atom is 0.413 e. The van der Waals surface area contributed by atoms with E-state index in [0.29, 0.717) is 5.69 Å². The number of amides is 3. The van der Waals surface area contributed by atoms with Gasteiger partial charge < -0.3 is 4.74 Å². The molecule has 0 fully saturated rings. The first-order chi connectivity index (χ1) is 11.3. The van der Waals surface area contributed by atoms with Crippen molar-refractivity contribution in [1.29, 1.82) is 0 Å². The largest absolute Gasteiger partial charge is 0.444 e. The van der Waals surface area contributed by atoms with Crippen molar-refractivity contribution in [3.8, 4) is 0 Å². The van der Waals surface area contributed by atoms with Gasteiger partial charge in [-0.1, -0.05) is 0 Å². The lowest BCUT2D eigenvalue weighted by Crippen LogP contribution is -2.33. The number of hydroxylamine groups is 2. The van der Waals surface area contributed by atoms with Gasteiger partial charge in [0.1, 0.15) is 6.61 Å². The van der Waals surface area contributed by atoms with Crippen molar-refractivity contribution in [3.63, 3.8) is 0 Å². The fraction of sp³-hybridized carbons (Fsp3) is 0.231. The van der Waals surface area contributed by atoms with Crippen molar-refractivity contribution in [2.45, 2.75) is 20.0 Å². The Morgan fingerprint density at radius 2 is 2.17 bits per heavy atom. The molecule has 0 saturated heterocycles. The summed E-state index contributed by atoms with van der Waals surface area (Å²) in [7, 11) is 0. The van der Waals surface area contributed by atoms with Gasteiger partial charge >= 0.3 is 6.09 Å². The van der Waals surface area contributed by atoms with Crippen molar-refractivity contribution >= 4 is 61.6 Å². The Labute approximate surface area is 153 Å². The second-order valence-electron chi connectivity index (χ2n) is 4.45. The third kappa shape index (κ3) is 5.37. The van der Waals surface area contributed by atoms with Crippen LogP contribution in [0.4, 0.5) is 9.93 Å². The van der Waals surface area contributed by atoms with Crippen LogP contribution in [-0.4, -0.2) is 33.2 Å². The number of halogens is 1. The van der Waals surface area contributed by atoms with E-state index < -0.39 is 17.9 Å². The molecule has 2 rings (SSSR count). The molecule has 11 heteroatoms. The third-order valence-corrected chi connectivity index (χ3v) is 5.01. The molecule has 0 aromatic carbocycles. The molecule has 3 amide bonds. The van der Waals surface area contributed by atoms with E-state index in [4.69, 9.17) is 4.74 Å². The predicted octanol–water partition coefficient (Wildman–Crippen LogP) is 3.02. The van der Waals surface area contributed by atoms with Crippen LogP contribution < -0.4 is 5.32 Å². The van der Waals surface area contributed by atoms with Crippen LogP contribution in [0, 0.1) is 0 Å². The zero-order valence-corrected chi connectivity index (χ0v) is 15.5. The fourth-order valence-electron chi connectivity index (χ4n) is 1.54. The number of nitrogens with one attached hydrogen (secondary N) is 1. The number of ether oxygens (including phenoxy) is 1. The number of thiophene rings is 1. The van der Waals surface area contributed by atoms with Crippen LogP contribution in [0.15, 0.2) is 21.3 Å². The molecule has 24 heavy (non-hydrogen) atoms. The lowest BCUT2D eigenvalue weighted by atomic mass is 10.3. The van der Waals surface area contributed by atoms with Crippen LogP contribution in [0.25, 0.3) is 0 Å². The number of hydrogen-bond acceptors (Lipinski definition) is 8. The fourth-order valence-corrected chi connectivity index (χ4v) is 3.63. The summed E-state index contributed by atoms with van der Waals surface area (Å²) in [6.07, 6.45) is -0.925. The SMILES string of the molecule is CC(=O)N(O)C(=O)Cc1csc(NC(=O)OCc2ccc(Br)s2)n1. The lowest BCUT2D eigenvalue weighted by molar-refractivity contribution is -0.176.